The highest BCUT2D eigenvalue weighted by atomic mass is 35.5. The van der Waals surface area contributed by atoms with Crippen LogP contribution in [0.25, 0.3) is 0 Å². The molecule has 0 heterocycles. The van der Waals surface area contributed by atoms with E-state index in [1.165, 1.54) is 5.69 Å². The van der Waals surface area contributed by atoms with Gasteiger partial charge in [0.05, 0.1) is 32.5 Å². The van der Waals surface area contributed by atoms with Crippen LogP contribution in [-0.2, 0) is 0 Å². The fourth-order valence-corrected chi connectivity index (χ4v) is 1.83. The summed E-state index contributed by atoms with van der Waals surface area (Å²) in [7, 11) is 6.36. The van der Waals surface area contributed by atoms with E-state index < -0.39 is 0 Å². The van der Waals surface area contributed by atoms with Crippen molar-refractivity contribution < 1.29 is 10.4 Å². The number of halogens is 1. The van der Waals surface area contributed by atoms with Gasteiger partial charge in [-0.25, -0.2) is 0 Å². The second kappa shape index (κ2) is 7.38. The largest absolute Gasteiger partial charge is 0.298 e. The number of quaternary nitrogens is 1. The number of anilines is 1. The molecule has 0 radical (unpaired) electrons. The van der Waals surface area contributed by atoms with E-state index in [0.29, 0.717) is 5.69 Å². The zero-order chi connectivity index (χ0) is 15.5. The monoisotopic (exact) mass is 322 g/mol. The van der Waals surface area contributed by atoms with Gasteiger partial charge in [-0.1, -0.05) is 0 Å². The van der Waals surface area contributed by atoms with Crippen LogP contribution in [-0.4, -0.2) is 37.8 Å². The third-order valence-electron chi connectivity index (χ3n) is 3.11. The van der Waals surface area contributed by atoms with E-state index in [0.717, 1.165) is 15.7 Å². The second-order valence-electron chi connectivity index (χ2n) is 5.67. The molecule has 22 heavy (non-hydrogen) atoms. The van der Waals surface area contributed by atoms with Crippen molar-refractivity contribution >= 4 is 35.7 Å². The molecule has 2 rings (SSSR count). The van der Waals surface area contributed by atoms with Gasteiger partial charge in [-0.3, -0.25) is 19.9 Å². The Kier molecular flexibility index (Phi) is 6.08. The summed E-state index contributed by atoms with van der Waals surface area (Å²) in [6.07, 6.45) is 1.78. The average Bonchev–Trinajstić information content (AvgIpc) is 2.45. The number of benzene rings is 2. The number of nitrogens with zero attached hydrogens (tertiary/aromatic N) is 3. The van der Waals surface area contributed by atoms with Crippen molar-refractivity contribution in [3.8, 4) is 0 Å². The van der Waals surface area contributed by atoms with Gasteiger partial charge in [0.2, 0.25) is 0 Å². The molecule has 2 N–H and O–H groups in total. The molecule has 2 aromatic rings. The van der Waals surface area contributed by atoms with Crippen molar-refractivity contribution in [3.05, 3.63) is 54.1 Å². The molecule has 0 aliphatic carbocycles. The van der Waals surface area contributed by atoms with E-state index >= 15 is 0 Å². The van der Waals surface area contributed by atoms with Crippen LogP contribution in [0.2, 0.25) is 0 Å². The Bertz CT molecular complexity index is 617. The van der Waals surface area contributed by atoms with Crippen LogP contribution in [0.5, 0.6) is 0 Å². The Balaban J connectivity index is 0.00000242. The maximum absolute atomic E-state index is 8.86. The lowest BCUT2D eigenvalue weighted by atomic mass is 10.2. The first-order chi connectivity index (χ1) is 9.86. The minimum Gasteiger partial charge on any atom is -0.298 e. The molecule has 0 aliphatic rings. The molecule has 2 aromatic carbocycles. The van der Waals surface area contributed by atoms with Gasteiger partial charge in [0.1, 0.15) is 5.69 Å². The lowest BCUT2D eigenvalue weighted by Gasteiger charge is -2.23. The normalized spacial score (nSPS) is 11.3. The van der Waals surface area contributed by atoms with Crippen molar-refractivity contribution in [2.75, 3.05) is 26.4 Å². The van der Waals surface area contributed by atoms with E-state index in [9.17, 15) is 0 Å². The fraction of sp³-hybridized carbons (Fsp3) is 0.188. The lowest BCUT2D eigenvalue weighted by molar-refractivity contribution is 0.0292. The third-order valence-corrected chi connectivity index (χ3v) is 3.11. The van der Waals surface area contributed by atoms with Crippen LogP contribution in [0.15, 0.2) is 53.5 Å². The van der Waals surface area contributed by atoms with Crippen LogP contribution in [0, 0.1) is 0 Å². The summed E-state index contributed by atoms with van der Waals surface area (Å²) in [5.41, 5.74) is 3.28. The molecule has 118 valence electrons. The molecule has 0 amide bonds. The minimum atomic E-state index is 0. The molecular formula is C16H21ClN3O2+. The van der Waals surface area contributed by atoms with Crippen molar-refractivity contribution in [1.29, 1.82) is 0 Å². The van der Waals surface area contributed by atoms with Gasteiger partial charge >= 0.3 is 0 Å². The maximum Gasteiger partial charge on any atom is 0.132 e. The van der Waals surface area contributed by atoms with E-state index in [-0.39, 0.29) is 17.6 Å². The Hall–Kier alpha value is -1.92. The van der Waals surface area contributed by atoms with Crippen LogP contribution >= 0.6 is 12.4 Å². The molecule has 0 unspecified atom stereocenters. The molecule has 0 fully saturated rings. The van der Waals surface area contributed by atoms with Crippen molar-refractivity contribution in [3.63, 3.8) is 0 Å². The summed E-state index contributed by atoms with van der Waals surface area (Å²) in [6.45, 7) is 0. The smallest absolute Gasteiger partial charge is 0.132 e. The number of hydrogen-bond donors (Lipinski definition) is 2. The summed E-state index contributed by atoms with van der Waals surface area (Å²) < 4.78 is 0.776. The Morgan fingerprint density at radius 2 is 1.45 bits per heavy atom. The molecule has 0 aliphatic heterocycles. The highest BCUT2D eigenvalue weighted by Gasteiger charge is 2.10. The first kappa shape index (κ1) is 18.1. The lowest BCUT2D eigenvalue weighted by Crippen LogP contribution is -2.34. The summed E-state index contributed by atoms with van der Waals surface area (Å²) >= 11 is 0. The molecule has 0 spiro atoms. The van der Waals surface area contributed by atoms with Gasteiger partial charge in [0.15, 0.2) is 0 Å². The van der Waals surface area contributed by atoms with Crippen molar-refractivity contribution in [2.45, 2.75) is 0 Å². The topological polar surface area (TPSA) is 56.1 Å². The SMILES string of the molecule is C[N+](C)(C)c1ccc(C=Nc2ccc(N(O)O)cc2)cc1.Cl. The Labute approximate surface area is 136 Å². The standard InChI is InChI=1S/C16H20N3O2.ClH/c1-19(2,3)16-10-4-13(5-11-16)12-17-14-6-8-15(9-7-14)18(20)21;/h4-12,20-21H,1-3H3;1H/q+1;. The van der Waals surface area contributed by atoms with Crippen LogP contribution < -0.4 is 9.71 Å². The molecule has 0 aromatic heterocycles. The zero-order valence-corrected chi connectivity index (χ0v) is 13.7. The summed E-state index contributed by atoms with van der Waals surface area (Å²) in [5, 5.41) is 17.8. The molecule has 0 saturated heterocycles. The maximum atomic E-state index is 8.86. The van der Waals surface area contributed by atoms with Crippen LogP contribution in [0.3, 0.4) is 0 Å². The molecule has 6 heteroatoms. The van der Waals surface area contributed by atoms with Gasteiger partial charge < -0.3 is 0 Å². The van der Waals surface area contributed by atoms with Crippen LogP contribution in [0.4, 0.5) is 17.1 Å². The van der Waals surface area contributed by atoms with Gasteiger partial charge in [-0.15, -0.1) is 17.6 Å². The minimum absolute atomic E-state index is 0. The molecule has 0 bridgehead atoms. The van der Waals surface area contributed by atoms with E-state index in [1.807, 2.05) is 12.1 Å². The summed E-state index contributed by atoms with van der Waals surface area (Å²) in [6, 6.07) is 14.8. The number of rotatable bonds is 4. The predicted molar refractivity (Wildman–Crippen MR) is 93.0 cm³/mol. The summed E-state index contributed by atoms with van der Waals surface area (Å²) in [5.74, 6) is 0. The number of aliphatic imine (C=N–C) groups is 1. The fourth-order valence-electron chi connectivity index (χ4n) is 1.83. The van der Waals surface area contributed by atoms with E-state index in [4.69, 9.17) is 10.4 Å². The average molecular weight is 323 g/mol. The molecule has 0 saturated carbocycles. The first-order valence-electron chi connectivity index (χ1n) is 6.60. The highest BCUT2D eigenvalue weighted by Crippen LogP contribution is 2.19. The van der Waals surface area contributed by atoms with Crippen LogP contribution in [0.1, 0.15) is 5.56 Å². The highest BCUT2D eigenvalue weighted by molar-refractivity contribution is 5.85. The Morgan fingerprint density at radius 3 is 1.91 bits per heavy atom. The number of hydrogen-bond acceptors (Lipinski definition) is 4. The first-order valence-corrected chi connectivity index (χ1v) is 6.60. The molecule has 0 atom stereocenters. The zero-order valence-electron chi connectivity index (χ0n) is 12.8. The van der Waals surface area contributed by atoms with E-state index in [2.05, 4.69) is 38.3 Å². The van der Waals surface area contributed by atoms with Gasteiger partial charge in [0.25, 0.3) is 0 Å². The molecular weight excluding hydrogens is 302 g/mol. The summed E-state index contributed by atoms with van der Waals surface area (Å²) in [4.78, 5) is 4.36. The molecule has 5 nitrogen and oxygen atoms in total. The van der Waals surface area contributed by atoms with Gasteiger partial charge in [0, 0.05) is 6.21 Å². The predicted octanol–water partition coefficient (Wildman–Crippen LogP) is 3.64. The third kappa shape index (κ3) is 4.82. The Morgan fingerprint density at radius 1 is 0.909 bits per heavy atom. The second-order valence-corrected chi connectivity index (χ2v) is 5.67. The van der Waals surface area contributed by atoms with Crippen molar-refractivity contribution in [2.24, 2.45) is 4.99 Å². The van der Waals surface area contributed by atoms with Gasteiger partial charge in [-0.05, 0) is 54.1 Å². The quantitative estimate of drug-likeness (QED) is 0.513. The van der Waals surface area contributed by atoms with E-state index in [1.54, 1.807) is 30.5 Å². The van der Waals surface area contributed by atoms with Gasteiger partial charge in [-0.2, -0.15) is 0 Å². The van der Waals surface area contributed by atoms with Crippen molar-refractivity contribution in [1.82, 2.24) is 4.48 Å².